The Bertz CT molecular complexity index is 284. The summed E-state index contributed by atoms with van der Waals surface area (Å²) in [6.45, 7) is 6.81. The fourth-order valence-corrected chi connectivity index (χ4v) is 2.13. The first-order valence-corrected chi connectivity index (χ1v) is 4.67. The van der Waals surface area contributed by atoms with E-state index in [2.05, 4.69) is 0 Å². The van der Waals surface area contributed by atoms with Crippen LogP contribution in [-0.2, 0) is 4.79 Å². The number of Topliss-reactive ketones (excluding diaryl/α,β-unsaturated/α-hetero) is 1. The van der Waals surface area contributed by atoms with E-state index in [1.165, 1.54) is 0 Å². The molecule has 0 unspecified atom stereocenters. The van der Waals surface area contributed by atoms with Crippen molar-refractivity contribution in [3.63, 3.8) is 0 Å². The number of ketones is 1. The third kappa shape index (κ3) is 1.47. The molecule has 0 bridgehead atoms. The van der Waals surface area contributed by atoms with Crippen LogP contribution in [0.2, 0.25) is 0 Å². The number of piperidine rings is 1. The van der Waals surface area contributed by atoms with Crippen molar-refractivity contribution in [2.24, 2.45) is 0 Å². The van der Waals surface area contributed by atoms with Gasteiger partial charge in [0, 0.05) is 6.42 Å². The number of nitrogens with zero attached hydrogens (tertiary/aromatic N) is 2. The number of hydrogen-bond acceptors (Lipinski definition) is 3. The summed E-state index contributed by atoms with van der Waals surface area (Å²) >= 11 is 0. The van der Waals surface area contributed by atoms with E-state index in [4.69, 9.17) is 0 Å². The van der Waals surface area contributed by atoms with Crippen molar-refractivity contribution in [2.45, 2.75) is 51.6 Å². The van der Waals surface area contributed by atoms with Gasteiger partial charge in [-0.05, 0) is 34.1 Å². The minimum absolute atomic E-state index is 0.0616. The van der Waals surface area contributed by atoms with Crippen molar-refractivity contribution in [2.75, 3.05) is 0 Å². The number of rotatable bonds is 1. The number of carbonyl (C=O) groups excluding carboxylic acids is 1. The van der Waals surface area contributed by atoms with E-state index in [0.29, 0.717) is 12.8 Å². The fraction of sp³-hybridized carbons (Fsp3) is 0.889. The Kier molecular flexibility index (Phi) is 2.29. The highest BCUT2D eigenvalue weighted by Gasteiger charge is 2.53. The first-order chi connectivity index (χ1) is 6.19. The average Bonchev–Trinajstić information content (AvgIpc) is 1.95. The molecule has 1 aliphatic heterocycles. The van der Waals surface area contributed by atoms with Crippen LogP contribution in [0.5, 0.6) is 0 Å². The lowest BCUT2D eigenvalue weighted by molar-refractivity contribution is -0.689. The lowest BCUT2D eigenvalue weighted by Gasteiger charge is -2.44. The highest BCUT2D eigenvalue weighted by atomic mass is 16.7. The third-order valence-electron chi connectivity index (χ3n) is 2.91. The number of hydrazine groups is 1. The Balaban J connectivity index is 3.13. The molecule has 0 spiro atoms. The second kappa shape index (κ2) is 2.93. The van der Waals surface area contributed by atoms with E-state index < -0.39 is 16.1 Å². The predicted octanol–water partition coefficient (Wildman–Crippen LogP) is 1.40. The fourth-order valence-electron chi connectivity index (χ4n) is 2.13. The normalized spacial score (nSPS) is 24.9. The van der Waals surface area contributed by atoms with Crippen molar-refractivity contribution >= 4 is 5.78 Å². The summed E-state index contributed by atoms with van der Waals surface area (Å²) in [5.41, 5.74) is -1.55. The Morgan fingerprint density at radius 2 is 1.86 bits per heavy atom. The monoisotopic (exact) mass is 200 g/mol. The summed E-state index contributed by atoms with van der Waals surface area (Å²) in [6, 6.07) is 0. The van der Waals surface area contributed by atoms with Gasteiger partial charge in [0.1, 0.15) is 0 Å². The van der Waals surface area contributed by atoms with Crippen LogP contribution in [-0.4, -0.2) is 26.9 Å². The Morgan fingerprint density at radius 1 is 1.36 bits per heavy atom. The molecule has 5 nitrogen and oxygen atoms in total. The second-order valence-electron chi connectivity index (χ2n) is 4.84. The molecule has 80 valence electrons. The van der Waals surface area contributed by atoms with Gasteiger partial charge in [0.05, 0.1) is 5.54 Å². The molecule has 1 aliphatic rings. The molecule has 0 aliphatic carbocycles. The van der Waals surface area contributed by atoms with Gasteiger partial charge in [0.25, 0.3) is 0 Å². The maximum Gasteiger partial charge on any atom is 0.163 e. The molecule has 0 saturated carbocycles. The van der Waals surface area contributed by atoms with E-state index in [0.717, 1.165) is 5.01 Å². The Morgan fingerprint density at radius 3 is 2.21 bits per heavy atom. The van der Waals surface area contributed by atoms with E-state index >= 15 is 0 Å². The van der Waals surface area contributed by atoms with Gasteiger partial charge in [-0.2, -0.15) is 0 Å². The SMILES string of the molecule is CC1(C)CCC(=O)C(C)(C)N1[N+](=O)[O-]. The molecule has 14 heavy (non-hydrogen) atoms. The Labute approximate surface area is 83.2 Å². The van der Waals surface area contributed by atoms with Crippen LogP contribution >= 0.6 is 0 Å². The molecular weight excluding hydrogens is 184 g/mol. The molecule has 0 radical (unpaired) electrons. The molecule has 0 aromatic carbocycles. The van der Waals surface area contributed by atoms with Crippen molar-refractivity contribution in [3.8, 4) is 0 Å². The molecule has 0 aromatic rings. The van der Waals surface area contributed by atoms with Crippen LogP contribution in [0, 0.1) is 10.1 Å². The zero-order chi connectivity index (χ0) is 11.1. The van der Waals surface area contributed by atoms with Crippen LogP contribution in [0.15, 0.2) is 0 Å². The summed E-state index contributed by atoms with van der Waals surface area (Å²) < 4.78 is 0. The molecular formula is C9H16N2O3. The zero-order valence-corrected chi connectivity index (χ0v) is 9.03. The van der Waals surface area contributed by atoms with Crippen molar-refractivity contribution in [3.05, 3.63) is 10.1 Å². The van der Waals surface area contributed by atoms with E-state index in [1.54, 1.807) is 27.7 Å². The average molecular weight is 200 g/mol. The molecule has 0 N–H and O–H groups in total. The quantitative estimate of drug-likeness (QED) is 0.474. The Hall–Kier alpha value is -1.13. The standard InChI is InChI=1S/C9H16N2O3/c1-8(2)6-5-7(12)9(3,4)10(8)11(13)14/h5-6H2,1-4H3. The van der Waals surface area contributed by atoms with Gasteiger partial charge in [-0.25, -0.2) is 10.1 Å². The maximum atomic E-state index is 11.6. The minimum atomic E-state index is -0.995. The third-order valence-corrected chi connectivity index (χ3v) is 2.91. The number of nitro groups is 1. The lowest BCUT2D eigenvalue weighted by atomic mass is 9.81. The zero-order valence-electron chi connectivity index (χ0n) is 9.03. The largest absolute Gasteiger partial charge is 0.297 e. The second-order valence-corrected chi connectivity index (χ2v) is 4.84. The van der Waals surface area contributed by atoms with Gasteiger partial charge in [0.2, 0.25) is 0 Å². The van der Waals surface area contributed by atoms with Crippen LogP contribution < -0.4 is 0 Å². The minimum Gasteiger partial charge on any atom is -0.297 e. The topological polar surface area (TPSA) is 63.5 Å². The van der Waals surface area contributed by atoms with E-state index in [9.17, 15) is 14.9 Å². The molecule has 0 atom stereocenters. The predicted molar refractivity (Wildman–Crippen MR) is 51.2 cm³/mol. The van der Waals surface area contributed by atoms with Gasteiger partial charge < -0.3 is 0 Å². The van der Waals surface area contributed by atoms with Crippen LogP contribution in [0.4, 0.5) is 0 Å². The van der Waals surface area contributed by atoms with Gasteiger partial charge in [-0.1, -0.05) is 0 Å². The van der Waals surface area contributed by atoms with Crippen molar-refractivity contribution in [1.82, 2.24) is 5.01 Å². The molecule has 1 fully saturated rings. The first-order valence-electron chi connectivity index (χ1n) is 4.67. The molecule has 1 saturated heterocycles. The lowest BCUT2D eigenvalue weighted by Crippen LogP contribution is -2.64. The van der Waals surface area contributed by atoms with Gasteiger partial charge in [-0.3, -0.25) is 4.79 Å². The van der Waals surface area contributed by atoms with E-state index in [-0.39, 0.29) is 5.78 Å². The molecule has 1 rings (SSSR count). The summed E-state index contributed by atoms with van der Waals surface area (Å²) in [5, 5.41) is 11.5. The first kappa shape index (κ1) is 10.9. The summed E-state index contributed by atoms with van der Waals surface area (Å²) in [5.74, 6) is -0.0616. The summed E-state index contributed by atoms with van der Waals surface area (Å²) in [7, 11) is 0. The van der Waals surface area contributed by atoms with Crippen LogP contribution in [0.1, 0.15) is 40.5 Å². The summed E-state index contributed by atoms with van der Waals surface area (Å²) in [4.78, 5) is 22.5. The van der Waals surface area contributed by atoms with Gasteiger partial charge in [-0.15, -0.1) is 5.01 Å². The molecule has 0 aromatic heterocycles. The summed E-state index contributed by atoms with van der Waals surface area (Å²) in [6.07, 6.45) is 0.959. The van der Waals surface area contributed by atoms with Crippen LogP contribution in [0.3, 0.4) is 0 Å². The van der Waals surface area contributed by atoms with Crippen molar-refractivity contribution < 1.29 is 9.83 Å². The van der Waals surface area contributed by atoms with Gasteiger partial charge in [0.15, 0.2) is 16.4 Å². The molecule has 0 amide bonds. The molecule has 5 heteroatoms. The maximum absolute atomic E-state index is 11.6. The number of hydrogen-bond donors (Lipinski definition) is 0. The highest BCUT2D eigenvalue weighted by Crippen LogP contribution is 2.35. The number of carbonyl (C=O) groups is 1. The highest BCUT2D eigenvalue weighted by molar-refractivity contribution is 5.88. The molecule has 1 heterocycles. The van der Waals surface area contributed by atoms with Crippen LogP contribution in [0.25, 0.3) is 0 Å². The van der Waals surface area contributed by atoms with E-state index in [1.807, 2.05) is 0 Å². The van der Waals surface area contributed by atoms with Crippen molar-refractivity contribution in [1.29, 1.82) is 0 Å². The smallest absolute Gasteiger partial charge is 0.163 e. The van der Waals surface area contributed by atoms with Gasteiger partial charge >= 0.3 is 0 Å².